The van der Waals surface area contributed by atoms with Crippen LogP contribution < -0.4 is 9.47 Å². The second-order valence-electron chi connectivity index (χ2n) is 8.32. The van der Waals surface area contributed by atoms with Gasteiger partial charge in [-0.2, -0.15) is 9.78 Å². The zero-order valence-electron chi connectivity index (χ0n) is 20.6. The monoisotopic (exact) mass is 484 g/mol. The van der Waals surface area contributed by atoms with Crippen LogP contribution in [0.5, 0.6) is 11.5 Å². The van der Waals surface area contributed by atoms with Gasteiger partial charge in [-0.15, -0.1) is 0 Å². The quantitative estimate of drug-likeness (QED) is 0.162. The van der Waals surface area contributed by atoms with Gasteiger partial charge in [0.25, 0.3) is 0 Å². The van der Waals surface area contributed by atoms with Crippen LogP contribution in [0.25, 0.3) is 0 Å². The summed E-state index contributed by atoms with van der Waals surface area (Å²) in [6.45, 7) is 15.0. The molecule has 35 heavy (non-hydrogen) atoms. The highest BCUT2D eigenvalue weighted by molar-refractivity contribution is 5.86. The highest BCUT2D eigenvalue weighted by Gasteiger charge is 2.23. The summed E-state index contributed by atoms with van der Waals surface area (Å²) in [6.07, 6.45) is 0. The van der Waals surface area contributed by atoms with E-state index in [-0.39, 0.29) is 43.0 Å². The van der Waals surface area contributed by atoms with Crippen molar-refractivity contribution in [2.45, 2.75) is 33.1 Å². The third-order valence-electron chi connectivity index (χ3n) is 4.99. The van der Waals surface area contributed by atoms with Crippen molar-refractivity contribution in [2.24, 2.45) is 0 Å². The summed E-state index contributed by atoms with van der Waals surface area (Å²) in [7, 11) is 0. The van der Waals surface area contributed by atoms with E-state index >= 15 is 0 Å². The Morgan fingerprint density at radius 3 is 1.31 bits per heavy atom. The van der Waals surface area contributed by atoms with E-state index in [0.29, 0.717) is 11.5 Å². The van der Waals surface area contributed by atoms with E-state index in [4.69, 9.17) is 19.2 Å². The SMILES string of the molecule is C=C(C)C(=O)OOCCOc1ccc(C(C)(C)c2ccc(OCCOOC(=O)C(=C)C)cc2)cc1. The molecular formula is C27H32O8. The molecule has 8 heteroatoms. The fourth-order valence-corrected chi connectivity index (χ4v) is 2.82. The maximum atomic E-state index is 11.2. The van der Waals surface area contributed by atoms with Gasteiger partial charge in [-0.05, 0) is 49.2 Å². The first kappa shape index (κ1) is 27.6. The maximum absolute atomic E-state index is 11.2. The largest absolute Gasteiger partial charge is 0.491 e. The van der Waals surface area contributed by atoms with E-state index in [1.807, 2.05) is 48.5 Å². The number of rotatable bonds is 14. The molecule has 0 unspecified atom stereocenters. The maximum Gasteiger partial charge on any atom is 0.368 e. The average Bonchev–Trinajstić information content (AvgIpc) is 2.83. The summed E-state index contributed by atoms with van der Waals surface area (Å²) in [5, 5.41) is 0. The zero-order valence-corrected chi connectivity index (χ0v) is 20.6. The molecule has 0 radical (unpaired) electrons. The Labute approximate surface area is 205 Å². The standard InChI is InChI=1S/C27H32O8/c1-19(2)25(28)34-32-17-15-30-23-11-7-21(8-12-23)27(5,6)22-9-13-24(14-10-22)31-16-18-33-35-26(29)20(3)4/h7-14H,1,3,15-18H2,2,4-6H3. The van der Waals surface area contributed by atoms with Gasteiger partial charge in [0, 0.05) is 16.6 Å². The Bertz CT molecular complexity index is 925. The van der Waals surface area contributed by atoms with E-state index < -0.39 is 11.9 Å². The summed E-state index contributed by atoms with van der Waals surface area (Å²) in [5.41, 5.74) is 2.49. The Balaban J connectivity index is 1.81. The first-order chi connectivity index (χ1) is 16.6. The van der Waals surface area contributed by atoms with Crippen LogP contribution in [-0.2, 0) is 34.6 Å². The first-order valence-electron chi connectivity index (χ1n) is 11.1. The fraction of sp³-hybridized carbons (Fsp3) is 0.333. The van der Waals surface area contributed by atoms with Gasteiger partial charge < -0.3 is 9.47 Å². The van der Waals surface area contributed by atoms with Crippen molar-refractivity contribution in [3.63, 3.8) is 0 Å². The molecule has 0 saturated heterocycles. The molecule has 0 atom stereocenters. The molecule has 0 saturated carbocycles. The summed E-state index contributed by atoms with van der Waals surface area (Å²) in [4.78, 5) is 41.2. The van der Waals surface area contributed by atoms with Gasteiger partial charge in [-0.25, -0.2) is 9.59 Å². The molecule has 2 rings (SSSR count). The van der Waals surface area contributed by atoms with Crippen LogP contribution in [0.3, 0.4) is 0 Å². The highest BCUT2D eigenvalue weighted by Crippen LogP contribution is 2.33. The van der Waals surface area contributed by atoms with Crippen molar-refractivity contribution in [1.29, 1.82) is 0 Å². The fourth-order valence-electron chi connectivity index (χ4n) is 2.82. The third kappa shape index (κ3) is 8.92. The normalized spacial score (nSPS) is 10.9. The van der Waals surface area contributed by atoms with Gasteiger partial charge in [0.05, 0.1) is 0 Å². The van der Waals surface area contributed by atoms with Crippen molar-refractivity contribution >= 4 is 11.9 Å². The van der Waals surface area contributed by atoms with Crippen LogP contribution in [-0.4, -0.2) is 38.4 Å². The number of ether oxygens (including phenoxy) is 2. The van der Waals surface area contributed by atoms with Crippen molar-refractivity contribution in [2.75, 3.05) is 26.4 Å². The number of carbonyl (C=O) groups is 2. The van der Waals surface area contributed by atoms with Crippen molar-refractivity contribution < 1.29 is 38.6 Å². The second-order valence-corrected chi connectivity index (χ2v) is 8.32. The molecule has 0 N–H and O–H groups in total. The number of carbonyl (C=O) groups excluding carboxylic acids is 2. The molecule has 8 nitrogen and oxygen atoms in total. The first-order valence-corrected chi connectivity index (χ1v) is 11.1. The Morgan fingerprint density at radius 1 is 0.657 bits per heavy atom. The summed E-state index contributed by atoms with van der Waals surface area (Å²) < 4.78 is 11.2. The molecule has 0 bridgehead atoms. The van der Waals surface area contributed by atoms with Gasteiger partial charge in [-0.1, -0.05) is 51.3 Å². The van der Waals surface area contributed by atoms with Crippen LogP contribution in [0.2, 0.25) is 0 Å². The number of hydrogen-bond donors (Lipinski definition) is 0. The summed E-state index contributed by atoms with van der Waals surface area (Å²) in [5.74, 6) is 0.150. The Morgan fingerprint density at radius 2 is 1.00 bits per heavy atom. The van der Waals surface area contributed by atoms with Crippen LogP contribution in [0.4, 0.5) is 0 Å². The third-order valence-corrected chi connectivity index (χ3v) is 4.99. The molecule has 0 fully saturated rings. The molecule has 0 aliphatic rings. The molecular weight excluding hydrogens is 452 g/mol. The minimum absolute atomic E-state index is 0.104. The Hall–Kier alpha value is -3.62. The summed E-state index contributed by atoms with van der Waals surface area (Å²) in [6, 6.07) is 15.6. The van der Waals surface area contributed by atoms with Crippen LogP contribution >= 0.6 is 0 Å². The lowest BCUT2D eigenvalue weighted by Gasteiger charge is -2.26. The van der Waals surface area contributed by atoms with Crippen molar-refractivity contribution in [1.82, 2.24) is 0 Å². The predicted molar refractivity (Wildman–Crippen MR) is 130 cm³/mol. The van der Waals surface area contributed by atoms with Gasteiger partial charge in [0.2, 0.25) is 0 Å². The molecule has 0 spiro atoms. The predicted octanol–water partition coefficient (Wildman–Crippen LogP) is 4.87. The van der Waals surface area contributed by atoms with E-state index in [2.05, 4.69) is 36.8 Å². The zero-order chi connectivity index (χ0) is 25.8. The second kappa shape index (κ2) is 13.3. The van der Waals surface area contributed by atoms with Crippen LogP contribution in [0, 0.1) is 0 Å². The van der Waals surface area contributed by atoms with E-state index in [1.165, 1.54) is 13.8 Å². The lowest BCUT2D eigenvalue weighted by Crippen LogP contribution is -2.19. The lowest BCUT2D eigenvalue weighted by atomic mass is 9.78. The minimum Gasteiger partial charge on any atom is -0.491 e. The lowest BCUT2D eigenvalue weighted by molar-refractivity contribution is -0.270. The molecule has 0 amide bonds. The molecule has 0 aliphatic carbocycles. The van der Waals surface area contributed by atoms with Crippen LogP contribution in [0.1, 0.15) is 38.8 Å². The van der Waals surface area contributed by atoms with Gasteiger partial charge >= 0.3 is 11.9 Å². The van der Waals surface area contributed by atoms with Gasteiger partial charge in [0.15, 0.2) is 0 Å². The molecule has 2 aromatic rings. The average molecular weight is 485 g/mol. The van der Waals surface area contributed by atoms with Gasteiger partial charge in [-0.3, -0.25) is 9.78 Å². The molecule has 0 aromatic heterocycles. The summed E-state index contributed by atoms with van der Waals surface area (Å²) >= 11 is 0. The number of benzene rings is 2. The van der Waals surface area contributed by atoms with Crippen LogP contribution in [0.15, 0.2) is 72.8 Å². The van der Waals surface area contributed by atoms with Crippen molar-refractivity contribution in [3.8, 4) is 11.5 Å². The van der Waals surface area contributed by atoms with E-state index in [0.717, 1.165) is 11.1 Å². The minimum atomic E-state index is -0.605. The van der Waals surface area contributed by atoms with Crippen molar-refractivity contribution in [3.05, 3.63) is 84.0 Å². The molecule has 2 aromatic carbocycles. The molecule has 188 valence electrons. The van der Waals surface area contributed by atoms with E-state index in [1.54, 1.807) is 0 Å². The highest BCUT2D eigenvalue weighted by atomic mass is 17.2. The smallest absolute Gasteiger partial charge is 0.368 e. The number of hydrogen-bond acceptors (Lipinski definition) is 8. The Kier molecular flexibility index (Phi) is 10.5. The van der Waals surface area contributed by atoms with Gasteiger partial charge in [0.1, 0.15) is 37.9 Å². The topological polar surface area (TPSA) is 89.5 Å². The molecule has 0 aliphatic heterocycles. The van der Waals surface area contributed by atoms with E-state index in [9.17, 15) is 9.59 Å². The molecule has 0 heterocycles.